The fraction of sp³-hybridized carbons (Fsp3) is 0. The van der Waals surface area contributed by atoms with Crippen molar-refractivity contribution >= 4 is 34.1 Å². The molecule has 5 aromatic rings. The first-order chi connectivity index (χ1) is 14.8. The lowest BCUT2D eigenvalue weighted by Gasteiger charge is -2.18. The van der Waals surface area contributed by atoms with Gasteiger partial charge in [0.05, 0.1) is 0 Å². The molecule has 0 aromatic heterocycles. The van der Waals surface area contributed by atoms with Crippen LogP contribution in [0.4, 0.5) is 0 Å². The molecule has 0 aliphatic heterocycles. The molecular weight excluding hydrogens is 369 g/mol. The summed E-state index contributed by atoms with van der Waals surface area (Å²) in [5.74, 6) is 0. The maximum Gasteiger partial charge on any atom is 0.517 e. The molecule has 4 heteroatoms. The van der Waals surface area contributed by atoms with E-state index in [0.717, 1.165) is 32.7 Å². The van der Waals surface area contributed by atoms with Crippen molar-refractivity contribution in [3.8, 4) is 22.3 Å². The maximum atomic E-state index is 10.9. The lowest BCUT2D eigenvalue weighted by atomic mass is 9.74. The molecule has 5 aromatic carbocycles. The lowest BCUT2D eigenvalue weighted by Crippen LogP contribution is -2.27. The summed E-state index contributed by atoms with van der Waals surface area (Å²) in [6, 6.07) is 34.6. The number of nitroso groups, excluding NO2 is 1. The van der Waals surface area contributed by atoms with Gasteiger partial charge in [-0.2, -0.15) is 4.91 Å². The van der Waals surface area contributed by atoms with Gasteiger partial charge >= 0.3 is 7.05 Å². The van der Waals surface area contributed by atoms with Crippen LogP contribution in [0.1, 0.15) is 0 Å². The first-order valence-electron chi connectivity index (χ1n) is 9.87. The van der Waals surface area contributed by atoms with Gasteiger partial charge in [-0.15, -0.1) is 0 Å². The number of nitrogens with zero attached hydrogens (tertiary/aromatic N) is 1. The third-order valence-electron chi connectivity index (χ3n) is 5.57. The molecule has 0 spiro atoms. The first-order valence-corrected chi connectivity index (χ1v) is 9.87. The maximum absolute atomic E-state index is 10.9. The molecule has 0 fully saturated rings. The van der Waals surface area contributed by atoms with Crippen LogP contribution in [-0.2, 0) is 0 Å². The Morgan fingerprint density at radius 2 is 1.03 bits per heavy atom. The molecule has 0 heterocycles. The molecule has 3 nitrogen and oxygen atoms in total. The minimum Gasteiger partial charge on any atom is -0.425 e. The SMILES string of the molecule is O=NB(O)c1cccc(-c2c3ccccc3c(-c3ccccc3)c3ccccc23)c1. The molecule has 0 radical (unpaired) electrons. The van der Waals surface area contributed by atoms with E-state index < -0.39 is 7.05 Å². The molecule has 0 atom stereocenters. The normalized spacial score (nSPS) is 11.0. The van der Waals surface area contributed by atoms with Crippen LogP contribution in [0.25, 0.3) is 43.8 Å². The van der Waals surface area contributed by atoms with Gasteiger partial charge in [-0.05, 0) is 49.3 Å². The number of hydrogen-bond acceptors (Lipinski definition) is 3. The summed E-state index contributed by atoms with van der Waals surface area (Å²) in [4.78, 5) is 10.9. The molecule has 0 unspecified atom stereocenters. The van der Waals surface area contributed by atoms with Crippen molar-refractivity contribution in [3.05, 3.63) is 108 Å². The van der Waals surface area contributed by atoms with Crippen molar-refractivity contribution in [1.29, 1.82) is 0 Å². The summed E-state index contributed by atoms with van der Waals surface area (Å²) in [5, 5.41) is 17.3. The van der Waals surface area contributed by atoms with Crippen molar-refractivity contribution in [2.75, 3.05) is 0 Å². The van der Waals surface area contributed by atoms with Crippen molar-refractivity contribution in [2.24, 2.45) is 5.09 Å². The monoisotopic (exact) mass is 387 g/mol. The second-order valence-corrected chi connectivity index (χ2v) is 7.31. The van der Waals surface area contributed by atoms with Crippen LogP contribution in [0, 0.1) is 4.91 Å². The molecule has 0 aliphatic rings. The zero-order valence-electron chi connectivity index (χ0n) is 16.2. The Balaban J connectivity index is 1.92. The fourth-order valence-corrected chi connectivity index (χ4v) is 4.27. The number of benzene rings is 5. The second kappa shape index (κ2) is 7.58. The molecular formula is C26H18BNO2. The summed E-state index contributed by atoms with van der Waals surface area (Å²) in [6.45, 7) is 0. The average Bonchev–Trinajstić information content (AvgIpc) is 2.82. The van der Waals surface area contributed by atoms with E-state index in [9.17, 15) is 9.93 Å². The van der Waals surface area contributed by atoms with Crippen molar-refractivity contribution in [3.63, 3.8) is 0 Å². The molecule has 142 valence electrons. The average molecular weight is 387 g/mol. The van der Waals surface area contributed by atoms with Crippen LogP contribution in [0.2, 0.25) is 0 Å². The van der Waals surface area contributed by atoms with E-state index in [1.807, 2.05) is 36.4 Å². The van der Waals surface area contributed by atoms with Crippen LogP contribution >= 0.6 is 0 Å². The largest absolute Gasteiger partial charge is 0.517 e. The molecule has 0 bridgehead atoms. The molecule has 1 N–H and O–H groups in total. The number of rotatable bonds is 4. The van der Waals surface area contributed by atoms with Gasteiger partial charge in [-0.3, -0.25) is 0 Å². The third kappa shape index (κ3) is 2.99. The highest BCUT2D eigenvalue weighted by Gasteiger charge is 2.19. The van der Waals surface area contributed by atoms with E-state index in [1.165, 1.54) is 11.1 Å². The first kappa shape index (κ1) is 18.3. The molecule has 30 heavy (non-hydrogen) atoms. The van der Waals surface area contributed by atoms with Gasteiger partial charge in [0.2, 0.25) is 0 Å². The summed E-state index contributed by atoms with van der Waals surface area (Å²) in [6.07, 6.45) is 0. The Kier molecular flexibility index (Phi) is 4.62. The molecule has 0 saturated heterocycles. The van der Waals surface area contributed by atoms with Crippen LogP contribution in [0.15, 0.2) is 108 Å². The summed E-state index contributed by atoms with van der Waals surface area (Å²) in [5.41, 5.74) is 4.90. The standard InChI is InChI=1S/C26H18BNO2/c29-27(28-30)20-12-8-11-19(17-20)26-23-15-6-4-13-21(23)25(18-9-2-1-3-10-18)22-14-5-7-16-24(22)26/h1-17,29H. The lowest BCUT2D eigenvalue weighted by molar-refractivity contribution is 0.587. The van der Waals surface area contributed by atoms with Crippen LogP contribution < -0.4 is 5.46 Å². The molecule has 0 saturated carbocycles. The smallest absolute Gasteiger partial charge is 0.425 e. The van der Waals surface area contributed by atoms with Gasteiger partial charge in [0.1, 0.15) is 0 Å². The van der Waals surface area contributed by atoms with E-state index in [4.69, 9.17) is 0 Å². The third-order valence-corrected chi connectivity index (χ3v) is 5.57. The van der Waals surface area contributed by atoms with E-state index in [-0.39, 0.29) is 0 Å². The van der Waals surface area contributed by atoms with Gasteiger partial charge in [0.15, 0.2) is 0 Å². The highest BCUT2D eigenvalue weighted by atomic mass is 16.3. The topological polar surface area (TPSA) is 49.7 Å². The number of hydrogen-bond donors (Lipinski definition) is 1. The molecule has 5 rings (SSSR count). The van der Waals surface area contributed by atoms with E-state index >= 15 is 0 Å². The summed E-state index contributed by atoms with van der Waals surface area (Å²) >= 11 is 0. The van der Waals surface area contributed by atoms with Gasteiger partial charge in [-0.1, -0.05) is 108 Å². The quantitative estimate of drug-likeness (QED) is 0.241. The van der Waals surface area contributed by atoms with Gasteiger partial charge < -0.3 is 5.02 Å². The minimum absolute atomic E-state index is 0.489. The zero-order valence-corrected chi connectivity index (χ0v) is 16.2. The van der Waals surface area contributed by atoms with Crippen LogP contribution in [-0.4, -0.2) is 12.1 Å². The fourth-order valence-electron chi connectivity index (χ4n) is 4.27. The van der Waals surface area contributed by atoms with Crippen LogP contribution in [0.3, 0.4) is 0 Å². The predicted molar refractivity (Wildman–Crippen MR) is 126 cm³/mol. The molecule has 0 amide bonds. The zero-order chi connectivity index (χ0) is 20.5. The Labute approximate surface area is 174 Å². The van der Waals surface area contributed by atoms with Crippen molar-refractivity contribution < 1.29 is 5.02 Å². The Morgan fingerprint density at radius 1 is 0.567 bits per heavy atom. The van der Waals surface area contributed by atoms with Crippen molar-refractivity contribution in [1.82, 2.24) is 0 Å². The summed E-state index contributed by atoms with van der Waals surface area (Å²) in [7, 11) is -1.37. The summed E-state index contributed by atoms with van der Waals surface area (Å²) < 4.78 is 0. The van der Waals surface area contributed by atoms with Crippen molar-refractivity contribution in [2.45, 2.75) is 0 Å². The highest BCUT2D eigenvalue weighted by Crippen LogP contribution is 2.43. The van der Waals surface area contributed by atoms with Gasteiger partial charge in [0.25, 0.3) is 0 Å². The van der Waals surface area contributed by atoms with Gasteiger partial charge in [-0.25, -0.2) is 0 Å². The van der Waals surface area contributed by atoms with E-state index in [2.05, 4.69) is 65.8 Å². The predicted octanol–water partition coefficient (Wildman–Crippen LogP) is 5.78. The minimum atomic E-state index is -1.37. The highest BCUT2D eigenvalue weighted by molar-refractivity contribution is 6.64. The Bertz CT molecular complexity index is 1330. The second-order valence-electron chi connectivity index (χ2n) is 7.31. The van der Waals surface area contributed by atoms with E-state index in [1.54, 1.807) is 6.07 Å². The molecule has 0 aliphatic carbocycles. The van der Waals surface area contributed by atoms with Gasteiger partial charge in [0, 0.05) is 0 Å². The Morgan fingerprint density at radius 3 is 1.57 bits per heavy atom. The van der Waals surface area contributed by atoms with Crippen LogP contribution in [0.5, 0.6) is 0 Å². The Hall–Kier alpha value is -3.76. The number of fused-ring (bicyclic) bond motifs is 2. The van der Waals surface area contributed by atoms with E-state index in [0.29, 0.717) is 5.46 Å².